The van der Waals surface area contributed by atoms with Gasteiger partial charge in [-0.3, -0.25) is 14.5 Å². The van der Waals surface area contributed by atoms with Gasteiger partial charge in [-0.25, -0.2) is 0 Å². The molecule has 3 heterocycles. The van der Waals surface area contributed by atoms with Crippen molar-refractivity contribution < 1.29 is 14.3 Å². The fraction of sp³-hybridized carbons (Fsp3) is 0.867. The zero-order chi connectivity index (χ0) is 14.7. The zero-order valence-corrected chi connectivity index (χ0v) is 12.6. The fourth-order valence-corrected chi connectivity index (χ4v) is 3.52. The first-order valence-corrected chi connectivity index (χ1v) is 8.08. The van der Waals surface area contributed by atoms with Gasteiger partial charge in [-0.05, 0) is 18.8 Å². The number of likely N-dealkylation sites (tertiary alicyclic amines) is 1. The Kier molecular flexibility index (Phi) is 4.75. The third-order valence-electron chi connectivity index (χ3n) is 4.87. The number of nitrogens with zero attached hydrogens (tertiary/aromatic N) is 2. The van der Waals surface area contributed by atoms with E-state index in [2.05, 4.69) is 10.2 Å². The van der Waals surface area contributed by atoms with E-state index in [0.717, 1.165) is 58.8 Å². The summed E-state index contributed by atoms with van der Waals surface area (Å²) in [6.45, 7) is 7.11. The van der Waals surface area contributed by atoms with E-state index in [1.165, 1.54) is 0 Å². The monoisotopic (exact) mass is 295 g/mol. The van der Waals surface area contributed by atoms with Gasteiger partial charge in [0.05, 0.1) is 19.1 Å². The number of ether oxygens (including phenoxy) is 1. The summed E-state index contributed by atoms with van der Waals surface area (Å²) in [5.41, 5.74) is 0. The number of nitrogens with one attached hydrogen (secondary N) is 1. The smallest absolute Gasteiger partial charge is 0.227 e. The maximum atomic E-state index is 12.3. The Balaban J connectivity index is 1.42. The third-order valence-corrected chi connectivity index (χ3v) is 4.87. The topological polar surface area (TPSA) is 61.9 Å². The lowest BCUT2D eigenvalue weighted by Gasteiger charge is -2.36. The van der Waals surface area contributed by atoms with Gasteiger partial charge in [0.15, 0.2) is 0 Å². The van der Waals surface area contributed by atoms with E-state index >= 15 is 0 Å². The first-order valence-electron chi connectivity index (χ1n) is 8.08. The van der Waals surface area contributed by atoms with Crippen LogP contribution in [-0.4, -0.2) is 74.1 Å². The normalized spacial score (nSPS) is 28.7. The summed E-state index contributed by atoms with van der Waals surface area (Å²) in [5, 5.41) is 2.75. The predicted octanol–water partition coefficient (Wildman–Crippen LogP) is -0.307. The zero-order valence-electron chi connectivity index (χ0n) is 12.6. The fourth-order valence-electron chi connectivity index (χ4n) is 3.52. The van der Waals surface area contributed by atoms with Crippen LogP contribution in [0.3, 0.4) is 0 Å². The molecule has 6 heteroatoms. The third kappa shape index (κ3) is 3.74. The molecule has 0 saturated carbocycles. The lowest BCUT2D eigenvalue weighted by molar-refractivity contribution is -0.137. The predicted molar refractivity (Wildman–Crippen MR) is 77.7 cm³/mol. The quantitative estimate of drug-likeness (QED) is 0.776. The molecule has 3 saturated heterocycles. The van der Waals surface area contributed by atoms with Gasteiger partial charge in [-0.2, -0.15) is 0 Å². The summed E-state index contributed by atoms with van der Waals surface area (Å²) in [6, 6.07) is 0. The van der Waals surface area contributed by atoms with Gasteiger partial charge in [0.1, 0.15) is 0 Å². The van der Waals surface area contributed by atoms with Crippen molar-refractivity contribution in [2.45, 2.75) is 19.3 Å². The van der Waals surface area contributed by atoms with Crippen molar-refractivity contribution in [1.29, 1.82) is 0 Å². The van der Waals surface area contributed by atoms with E-state index in [4.69, 9.17) is 4.74 Å². The molecule has 0 bridgehead atoms. The molecule has 6 nitrogen and oxygen atoms in total. The maximum Gasteiger partial charge on any atom is 0.227 e. The summed E-state index contributed by atoms with van der Waals surface area (Å²) in [6.07, 6.45) is 2.53. The highest BCUT2D eigenvalue weighted by molar-refractivity contribution is 5.89. The molecule has 21 heavy (non-hydrogen) atoms. The number of carbonyl (C=O) groups is 2. The van der Waals surface area contributed by atoms with E-state index in [9.17, 15) is 9.59 Å². The molecular weight excluding hydrogens is 270 g/mol. The lowest BCUT2D eigenvalue weighted by Crippen LogP contribution is -2.45. The van der Waals surface area contributed by atoms with Crippen molar-refractivity contribution in [2.24, 2.45) is 11.8 Å². The Morgan fingerprint density at radius 2 is 1.90 bits per heavy atom. The molecule has 0 aromatic rings. The van der Waals surface area contributed by atoms with Crippen LogP contribution in [-0.2, 0) is 14.3 Å². The van der Waals surface area contributed by atoms with Gasteiger partial charge < -0.3 is 15.0 Å². The van der Waals surface area contributed by atoms with Crippen molar-refractivity contribution in [3.05, 3.63) is 0 Å². The van der Waals surface area contributed by atoms with Crippen LogP contribution in [0.25, 0.3) is 0 Å². The average molecular weight is 295 g/mol. The van der Waals surface area contributed by atoms with Gasteiger partial charge >= 0.3 is 0 Å². The van der Waals surface area contributed by atoms with Gasteiger partial charge in [-0.1, -0.05) is 0 Å². The molecule has 1 N–H and O–H groups in total. The summed E-state index contributed by atoms with van der Waals surface area (Å²) in [4.78, 5) is 28.0. The Labute approximate surface area is 125 Å². The Morgan fingerprint density at radius 3 is 2.52 bits per heavy atom. The summed E-state index contributed by atoms with van der Waals surface area (Å²) in [7, 11) is 0. The molecule has 0 aromatic carbocycles. The van der Waals surface area contributed by atoms with Crippen LogP contribution in [0.1, 0.15) is 19.3 Å². The Morgan fingerprint density at radius 1 is 1.19 bits per heavy atom. The SMILES string of the molecule is O=C1CC(C(=O)N2CCC(CN3CCOCC3)CC2)CN1. The number of carbonyl (C=O) groups excluding carboxylic acids is 2. The summed E-state index contributed by atoms with van der Waals surface area (Å²) < 4.78 is 5.38. The molecule has 3 fully saturated rings. The van der Waals surface area contributed by atoms with E-state index in [1.54, 1.807) is 0 Å². The highest BCUT2D eigenvalue weighted by Crippen LogP contribution is 2.22. The van der Waals surface area contributed by atoms with Gasteiger partial charge in [-0.15, -0.1) is 0 Å². The number of rotatable bonds is 3. The highest BCUT2D eigenvalue weighted by atomic mass is 16.5. The van der Waals surface area contributed by atoms with Crippen molar-refractivity contribution in [3.63, 3.8) is 0 Å². The highest BCUT2D eigenvalue weighted by Gasteiger charge is 2.33. The van der Waals surface area contributed by atoms with Crippen LogP contribution in [0, 0.1) is 11.8 Å². The van der Waals surface area contributed by atoms with Gasteiger partial charge in [0.25, 0.3) is 0 Å². The molecule has 3 rings (SSSR count). The van der Waals surface area contributed by atoms with Crippen molar-refractivity contribution >= 4 is 11.8 Å². The molecule has 2 amide bonds. The molecule has 1 unspecified atom stereocenters. The molecule has 0 aliphatic carbocycles. The van der Waals surface area contributed by atoms with Crippen LogP contribution in [0.4, 0.5) is 0 Å². The molecule has 1 atom stereocenters. The first-order chi connectivity index (χ1) is 10.2. The average Bonchev–Trinajstić information content (AvgIpc) is 2.95. The minimum absolute atomic E-state index is 0.00977. The summed E-state index contributed by atoms with van der Waals surface area (Å²) >= 11 is 0. The minimum atomic E-state index is -0.131. The van der Waals surface area contributed by atoms with E-state index < -0.39 is 0 Å². The largest absolute Gasteiger partial charge is 0.379 e. The van der Waals surface area contributed by atoms with E-state index in [0.29, 0.717) is 18.9 Å². The van der Waals surface area contributed by atoms with Crippen LogP contribution < -0.4 is 5.32 Å². The van der Waals surface area contributed by atoms with Crippen molar-refractivity contribution in [3.8, 4) is 0 Å². The van der Waals surface area contributed by atoms with E-state index in [1.807, 2.05) is 4.90 Å². The van der Waals surface area contributed by atoms with E-state index in [-0.39, 0.29) is 17.7 Å². The minimum Gasteiger partial charge on any atom is -0.379 e. The first kappa shape index (κ1) is 14.8. The van der Waals surface area contributed by atoms with Gasteiger partial charge in [0.2, 0.25) is 11.8 Å². The van der Waals surface area contributed by atoms with Crippen LogP contribution in [0.5, 0.6) is 0 Å². The second kappa shape index (κ2) is 6.75. The molecular formula is C15H25N3O3. The molecule has 0 spiro atoms. The number of morpholine rings is 1. The number of hydrogen-bond donors (Lipinski definition) is 1. The van der Waals surface area contributed by atoms with Crippen LogP contribution in [0.15, 0.2) is 0 Å². The molecule has 3 aliphatic rings. The van der Waals surface area contributed by atoms with Crippen LogP contribution in [0.2, 0.25) is 0 Å². The summed E-state index contributed by atoms with van der Waals surface area (Å²) in [5.74, 6) is 0.734. The number of hydrogen-bond acceptors (Lipinski definition) is 4. The second-order valence-electron chi connectivity index (χ2n) is 6.39. The maximum absolute atomic E-state index is 12.3. The van der Waals surface area contributed by atoms with Crippen molar-refractivity contribution in [2.75, 3.05) is 52.5 Å². The molecule has 118 valence electrons. The van der Waals surface area contributed by atoms with Crippen molar-refractivity contribution in [1.82, 2.24) is 15.1 Å². The molecule has 0 radical (unpaired) electrons. The standard InChI is InChI=1S/C15H25N3O3/c19-14-9-13(10-16-14)15(20)18-3-1-12(2-4-18)11-17-5-7-21-8-6-17/h12-13H,1-11H2,(H,16,19). The molecule has 3 aliphatic heterocycles. The van der Waals surface area contributed by atoms with Crippen LogP contribution >= 0.6 is 0 Å². The Hall–Kier alpha value is -1.14. The number of amides is 2. The van der Waals surface area contributed by atoms with Gasteiger partial charge in [0, 0.05) is 45.7 Å². The molecule has 0 aromatic heterocycles. The second-order valence-corrected chi connectivity index (χ2v) is 6.39. The number of piperidine rings is 1. The Bertz CT molecular complexity index is 388. The lowest BCUT2D eigenvalue weighted by atomic mass is 9.94.